The summed E-state index contributed by atoms with van der Waals surface area (Å²) >= 11 is 0. The Morgan fingerprint density at radius 2 is 1.52 bits per heavy atom. The summed E-state index contributed by atoms with van der Waals surface area (Å²) in [5, 5.41) is 3.51. The SMILES string of the molecule is CCCCCOc1ccc(CNCc2ccc(C(C)(C)C)cc2)cc1OC. The summed E-state index contributed by atoms with van der Waals surface area (Å²) in [5.74, 6) is 1.63. The number of benzene rings is 2. The van der Waals surface area contributed by atoms with Gasteiger partial charge in [0.1, 0.15) is 0 Å². The van der Waals surface area contributed by atoms with E-state index >= 15 is 0 Å². The topological polar surface area (TPSA) is 30.5 Å². The third-order valence-electron chi connectivity index (χ3n) is 4.71. The van der Waals surface area contributed by atoms with E-state index < -0.39 is 0 Å². The minimum absolute atomic E-state index is 0.197. The van der Waals surface area contributed by atoms with Crippen LogP contribution in [0.3, 0.4) is 0 Å². The highest BCUT2D eigenvalue weighted by Gasteiger charge is 2.12. The van der Waals surface area contributed by atoms with Crippen LogP contribution in [0.25, 0.3) is 0 Å². The second kappa shape index (κ2) is 10.4. The van der Waals surface area contributed by atoms with Crippen LogP contribution < -0.4 is 14.8 Å². The Balaban J connectivity index is 1.86. The van der Waals surface area contributed by atoms with Gasteiger partial charge in [0.25, 0.3) is 0 Å². The Kier molecular flexibility index (Phi) is 8.18. The highest BCUT2D eigenvalue weighted by Crippen LogP contribution is 2.28. The maximum Gasteiger partial charge on any atom is 0.161 e. The van der Waals surface area contributed by atoms with Crippen molar-refractivity contribution >= 4 is 0 Å². The summed E-state index contributed by atoms with van der Waals surface area (Å²) in [4.78, 5) is 0. The van der Waals surface area contributed by atoms with E-state index in [9.17, 15) is 0 Å². The van der Waals surface area contributed by atoms with Crippen LogP contribution in [0, 0.1) is 0 Å². The zero-order valence-corrected chi connectivity index (χ0v) is 17.6. The first kappa shape index (κ1) is 21.3. The normalized spacial score (nSPS) is 11.4. The first-order chi connectivity index (χ1) is 12.9. The lowest BCUT2D eigenvalue weighted by Gasteiger charge is -2.19. The first-order valence-electron chi connectivity index (χ1n) is 10.0. The number of ether oxygens (including phenoxy) is 2. The summed E-state index contributed by atoms with van der Waals surface area (Å²) in [6.07, 6.45) is 3.47. The maximum atomic E-state index is 5.85. The molecule has 1 N–H and O–H groups in total. The van der Waals surface area contributed by atoms with Gasteiger partial charge in [0, 0.05) is 13.1 Å². The predicted octanol–water partition coefficient (Wildman–Crippen LogP) is 5.85. The molecule has 0 fully saturated rings. The van der Waals surface area contributed by atoms with E-state index in [0.29, 0.717) is 0 Å². The molecule has 0 aliphatic heterocycles. The van der Waals surface area contributed by atoms with Gasteiger partial charge >= 0.3 is 0 Å². The molecule has 0 saturated heterocycles. The number of rotatable bonds is 10. The molecular weight excluding hydrogens is 334 g/mol. The molecule has 2 aromatic rings. The first-order valence-corrected chi connectivity index (χ1v) is 10.0. The van der Waals surface area contributed by atoms with Crippen LogP contribution in [-0.2, 0) is 18.5 Å². The van der Waals surface area contributed by atoms with Gasteiger partial charge in [-0.2, -0.15) is 0 Å². The summed E-state index contributed by atoms with van der Waals surface area (Å²) in [6, 6.07) is 15.1. The number of unbranched alkanes of at least 4 members (excludes halogenated alkanes) is 2. The van der Waals surface area contributed by atoms with E-state index in [0.717, 1.165) is 37.6 Å². The van der Waals surface area contributed by atoms with Crippen molar-refractivity contribution in [3.63, 3.8) is 0 Å². The Hall–Kier alpha value is -2.00. The van der Waals surface area contributed by atoms with Gasteiger partial charge in [0.2, 0.25) is 0 Å². The van der Waals surface area contributed by atoms with Gasteiger partial charge in [-0.15, -0.1) is 0 Å². The fourth-order valence-corrected chi connectivity index (χ4v) is 2.95. The Morgan fingerprint density at radius 3 is 2.15 bits per heavy atom. The summed E-state index contributed by atoms with van der Waals surface area (Å²) < 4.78 is 11.4. The molecule has 0 saturated carbocycles. The van der Waals surface area contributed by atoms with Crippen LogP contribution in [0.1, 0.15) is 63.6 Å². The molecule has 0 aromatic heterocycles. The summed E-state index contributed by atoms with van der Waals surface area (Å²) in [7, 11) is 1.70. The lowest BCUT2D eigenvalue weighted by atomic mass is 9.87. The quantitative estimate of drug-likeness (QED) is 0.533. The minimum Gasteiger partial charge on any atom is -0.493 e. The van der Waals surface area contributed by atoms with Crippen LogP contribution in [0.4, 0.5) is 0 Å². The van der Waals surface area contributed by atoms with E-state index in [2.05, 4.69) is 69.4 Å². The molecular formula is C24H35NO2. The van der Waals surface area contributed by atoms with Crippen molar-refractivity contribution in [2.45, 2.75) is 65.5 Å². The van der Waals surface area contributed by atoms with Gasteiger partial charge < -0.3 is 14.8 Å². The number of hydrogen-bond acceptors (Lipinski definition) is 3. The molecule has 3 heteroatoms. The Labute approximate surface area is 165 Å². The monoisotopic (exact) mass is 369 g/mol. The van der Waals surface area contributed by atoms with Gasteiger partial charge in [-0.25, -0.2) is 0 Å². The average Bonchev–Trinajstić information content (AvgIpc) is 2.65. The van der Waals surface area contributed by atoms with Crippen LogP contribution in [0.15, 0.2) is 42.5 Å². The molecule has 0 spiro atoms. The second-order valence-corrected chi connectivity index (χ2v) is 8.09. The van der Waals surface area contributed by atoms with Gasteiger partial charge in [0.05, 0.1) is 13.7 Å². The van der Waals surface area contributed by atoms with Crippen LogP contribution in [-0.4, -0.2) is 13.7 Å². The second-order valence-electron chi connectivity index (χ2n) is 8.09. The smallest absolute Gasteiger partial charge is 0.161 e. The summed E-state index contributed by atoms with van der Waals surface area (Å²) in [5.41, 5.74) is 4.05. The number of hydrogen-bond donors (Lipinski definition) is 1. The molecule has 0 atom stereocenters. The number of methoxy groups -OCH3 is 1. The molecule has 2 rings (SSSR count). The minimum atomic E-state index is 0.197. The lowest BCUT2D eigenvalue weighted by Crippen LogP contribution is -2.14. The third kappa shape index (κ3) is 6.91. The van der Waals surface area contributed by atoms with Crippen molar-refractivity contribution < 1.29 is 9.47 Å². The molecule has 0 bridgehead atoms. The van der Waals surface area contributed by atoms with Crippen molar-refractivity contribution in [2.24, 2.45) is 0 Å². The molecule has 3 nitrogen and oxygen atoms in total. The molecule has 148 valence electrons. The molecule has 0 aliphatic rings. The van der Waals surface area contributed by atoms with Crippen LogP contribution in [0.2, 0.25) is 0 Å². The highest BCUT2D eigenvalue weighted by atomic mass is 16.5. The van der Waals surface area contributed by atoms with E-state index in [1.165, 1.54) is 29.5 Å². The fourth-order valence-electron chi connectivity index (χ4n) is 2.95. The van der Waals surface area contributed by atoms with Gasteiger partial charge in [-0.3, -0.25) is 0 Å². The Morgan fingerprint density at radius 1 is 0.852 bits per heavy atom. The van der Waals surface area contributed by atoms with E-state index in [1.54, 1.807) is 7.11 Å². The van der Waals surface area contributed by atoms with Gasteiger partial charge in [-0.05, 0) is 40.7 Å². The largest absolute Gasteiger partial charge is 0.493 e. The van der Waals surface area contributed by atoms with Crippen molar-refractivity contribution in [3.8, 4) is 11.5 Å². The Bertz CT molecular complexity index is 687. The van der Waals surface area contributed by atoms with Crippen LogP contribution >= 0.6 is 0 Å². The van der Waals surface area contributed by atoms with Crippen molar-refractivity contribution in [3.05, 3.63) is 59.2 Å². The van der Waals surface area contributed by atoms with Crippen LogP contribution in [0.5, 0.6) is 11.5 Å². The zero-order chi connectivity index (χ0) is 19.7. The molecule has 0 unspecified atom stereocenters. The molecule has 0 aliphatic carbocycles. The van der Waals surface area contributed by atoms with Crippen molar-refractivity contribution in [1.29, 1.82) is 0 Å². The third-order valence-corrected chi connectivity index (χ3v) is 4.71. The highest BCUT2D eigenvalue weighted by molar-refractivity contribution is 5.43. The molecule has 2 aromatic carbocycles. The standard InChI is InChI=1S/C24H35NO2/c1-6-7-8-15-27-22-14-11-20(16-23(22)26-5)18-25-17-19-9-12-21(13-10-19)24(2,3)4/h9-14,16,25H,6-8,15,17-18H2,1-5H3. The molecule has 27 heavy (non-hydrogen) atoms. The van der Waals surface area contributed by atoms with E-state index in [4.69, 9.17) is 9.47 Å². The van der Waals surface area contributed by atoms with Crippen molar-refractivity contribution in [1.82, 2.24) is 5.32 Å². The van der Waals surface area contributed by atoms with E-state index in [1.807, 2.05) is 6.07 Å². The molecule has 0 heterocycles. The molecule has 0 amide bonds. The average molecular weight is 370 g/mol. The fraction of sp³-hybridized carbons (Fsp3) is 0.500. The summed E-state index contributed by atoms with van der Waals surface area (Å²) in [6.45, 7) is 11.3. The number of nitrogens with one attached hydrogen (secondary N) is 1. The van der Waals surface area contributed by atoms with Gasteiger partial charge in [0.15, 0.2) is 11.5 Å². The van der Waals surface area contributed by atoms with Crippen molar-refractivity contribution in [2.75, 3.05) is 13.7 Å². The molecule has 0 radical (unpaired) electrons. The lowest BCUT2D eigenvalue weighted by molar-refractivity contribution is 0.286. The van der Waals surface area contributed by atoms with Gasteiger partial charge in [-0.1, -0.05) is 70.9 Å². The van der Waals surface area contributed by atoms with E-state index in [-0.39, 0.29) is 5.41 Å². The maximum absolute atomic E-state index is 5.85. The zero-order valence-electron chi connectivity index (χ0n) is 17.6. The predicted molar refractivity (Wildman–Crippen MR) is 114 cm³/mol.